The predicted octanol–water partition coefficient (Wildman–Crippen LogP) is 3.10. The van der Waals surface area contributed by atoms with E-state index >= 15 is 0 Å². The fraction of sp³-hybridized carbons (Fsp3) is 0.562. The third-order valence-corrected chi connectivity index (χ3v) is 4.18. The van der Waals surface area contributed by atoms with Gasteiger partial charge in [0.05, 0.1) is 11.2 Å². The van der Waals surface area contributed by atoms with E-state index < -0.39 is 0 Å². The molecule has 1 amide bonds. The molecule has 0 unspecified atom stereocenters. The van der Waals surface area contributed by atoms with E-state index in [2.05, 4.69) is 56.9 Å². The molecule has 0 spiro atoms. The molecule has 2 heterocycles. The van der Waals surface area contributed by atoms with Gasteiger partial charge in [0, 0.05) is 23.4 Å². The molecule has 7 heteroatoms. The number of nitrogens with one attached hydrogen (secondary N) is 1. The predicted molar refractivity (Wildman–Crippen MR) is 93.9 cm³/mol. The van der Waals surface area contributed by atoms with E-state index in [0.717, 1.165) is 10.7 Å². The molecule has 2 aromatic heterocycles. The van der Waals surface area contributed by atoms with Gasteiger partial charge in [-0.25, -0.2) is 9.67 Å². The summed E-state index contributed by atoms with van der Waals surface area (Å²) in [6.45, 7) is 12.8. The molecule has 0 radical (unpaired) electrons. The molecule has 0 atom stereocenters. The van der Waals surface area contributed by atoms with Gasteiger partial charge in [0.25, 0.3) is 5.91 Å². The maximum absolute atomic E-state index is 12.4. The average Bonchev–Trinajstić information content (AvgIpc) is 3.03. The molecule has 0 fully saturated rings. The highest BCUT2D eigenvalue weighted by molar-refractivity contribution is 7.09. The van der Waals surface area contributed by atoms with Gasteiger partial charge in [-0.15, -0.1) is 11.3 Å². The van der Waals surface area contributed by atoms with E-state index in [0.29, 0.717) is 18.1 Å². The van der Waals surface area contributed by atoms with Gasteiger partial charge in [-0.1, -0.05) is 20.8 Å². The van der Waals surface area contributed by atoms with Gasteiger partial charge in [0.2, 0.25) is 0 Å². The van der Waals surface area contributed by atoms with E-state index in [4.69, 9.17) is 5.73 Å². The Kier molecular flexibility index (Phi) is 4.64. The summed E-state index contributed by atoms with van der Waals surface area (Å²) in [5.41, 5.74) is 6.53. The maximum atomic E-state index is 12.4. The number of nitrogens with two attached hydrogens (primary N) is 1. The Balaban J connectivity index is 2.34. The topological polar surface area (TPSA) is 85.8 Å². The maximum Gasteiger partial charge on any atom is 0.276 e. The van der Waals surface area contributed by atoms with Crippen molar-refractivity contribution < 1.29 is 4.79 Å². The minimum Gasteiger partial charge on any atom is -0.325 e. The van der Waals surface area contributed by atoms with Crippen molar-refractivity contribution in [1.29, 1.82) is 0 Å². The smallest absolute Gasteiger partial charge is 0.276 e. The van der Waals surface area contributed by atoms with Crippen LogP contribution in [0.2, 0.25) is 0 Å². The summed E-state index contributed by atoms with van der Waals surface area (Å²) in [5.74, 6) is 0.432. The van der Waals surface area contributed by atoms with E-state index in [1.54, 1.807) is 5.38 Å². The molecule has 23 heavy (non-hydrogen) atoms. The SMILES string of the molecule is CC(C)(C)c1cc(NC(=O)c2csc(CN)n2)n(C(C)(C)C)n1. The molecule has 126 valence electrons. The van der Waals surface area contributed by atoms with Crippen LogP contribution in [0.15, 0.2) is 11.4 Å². The number of aromatic nitrogens is 3. The molecule has 0 aliphatic rings. The Bertz CT molecular complexity index is 703. The Labute approximate surface area is 141 Å². The average molecular weight is 335 g/mol. The number of thiazole rings is 1. The van der Waals surface area contributed by atoms with Gasteiger partial charge < -0.3 is 11.1 Å². The lowest BCUT2D eigenvalue weighted by Crippen LogP contribution is -2.27. The first kappa shape index (κ1) is 17.6. The highest BCUT2D eigenvalue weighted by Gasteiger charge is 2.26. The van der Waals surface area contributed by atoms with Crippen molar-refractivity contribution in [3.05, 3.63) is 27.8 Å². The van der Waals surface area contributed by atoms with Gasteiger partial charge in [0.15, 0.2) is 0 Å². The van der Waals surface area contributed by atoms with Crippen LogP contribution in [0.1, 0.15) is 62.7 Å². The fourth-order valence-electron chi connectivity index (χ4n) is 2.04. The number of hydrogen-bond acceptors (Lipinski definition) is 5. The molecule has 2 aromatic rings. The summed E-state index contributed by atoms with van der Waals surface area (Å²) >= 11 is 1.39. The van der Waals surface area contributed by atoms with Gasteiger partial charge in [-0.3, -0.25) is 4.79 Å². The number of hydrogen-bond donors (Lipinski definition) is 2. The number of nitrogens with zero attached hydrogens (tertiary/aromatic N) is 3. The molecule has 0 saturated heterocycles. The number of carbonyl (C=O) groups excluding carboxylic acids is 1. The van der Waals surface area contributed by atoms with Crippen molar-refractivity contribution in [1.82, 2.24) is 14.8 Å². The second kappa shape index (κ2) is 6.05. The molecular weight excluding hydrogens is 310 g/mol. The lowest BCUT2D eigenvalue weighted by Gasteiger charge is -2.22. The van der Waals surface area contributed by atoms with E-state index in [9.17, 15) is 4.79 Å². The van der Waals surface area contributed by atoms with Gasteiger partial charge in [0.1, 0.15) is 16.5 Å². The van der Waals surface area contributed by atoms with Crippen molar-refractivity contribution in [2.24, 2.45) is 5.73 Å². The first-order valence-electron chi connectivity index (χ1n) is 7.59. The van der Waals surface area contributed by atoms with Crippen LogP contribution in [0.4, 0.5) is 5.82 Å². The Morgan fingerprint density at radius 3 is 2.43 bits per heavy atom. The monoisotopic (exact) mass is 335 g/mol. The van der Waals surface area contributed by atoms with Crippen LogP contribution < -0.4 is 11.1 Å². The zero-order valence-electron chi connectivity index (χ0n) is 14.6. The van der Waals surface area contributed by atoms with E-state index in [-0.39, 0.29) is 16.9 Å². The summed E-state index contributed by atoms with van der Waals surface area (Å²) in [5, 5.41) is 10.1. The summed E-state index contributed by atoms with van der Waals surface area (Å²) < 4.78 is 1.85. The van der Waals surface area contributed by atoms with Crippen molar-refractivity contribution in [2.45, 2.75) is 59.0 Å². The fourth-order valence-corrected chi connectivity index (χ4v) is 2.69. The van der Waals surface area contributed by atoms with Crippen LogP contribution in [-0.4, -0.2) is 20.7 Å². The summed E-state index contributed by atoms with van der Waals surface area (Å²) in [4.78, 5) is 16.7. The third kappa shape index (κ3) is 3.97. The zero-order valence-corrected chi connectivity index (χ0v) is 15.4. The number of anilines is 1. The van der Waals surface area contributed by atoms with Gasteiger partial charge >= 0.3 is 0 Å². The van der Waals surface area contributed by atoms with Gasteiger partial charge in [-0.2, -0.15) is 5.10 Å². The second-order valence-electron chi connectivity index (χ2n) is 7.53. The van der Waals surface area contributed by atoms with Crippen LogP contribution >= 0.6 is 11.3 Å². The number of carbonyl (C=O) groups is 1. The lowest BCUT2D eigenvalue weighted by atomic mass is 9.92. The molecule has 6 nitrogen and oxygen atoms in total. The van der Waals surface area contributed by atoms with Crippen molar-refractivity contribution in [3.63, 3.8) is 0 Å². The first-order valence-corrected chi connectivity index (χ1v) is 8.47. The molecule has 0 saturated carbocycles. The molecule has 2 rings (SSSR count). The third-order valence-electron chi connectivity index (χ3n) is 3.31. The van der Waals surface area contributed by atoms with Gasteiger partial charge in [-0.05, 0) is 20.8 Å². The van der Waals surface area contributed by atoms with E-state index in [1.165, 1.54) is 11.3 Å². The van der Waals surface area contributed by atoms with Crippen LogP contribution in [0.5, 0.6) is 0 Å². The van der Waals surface area contributed by atoms with Crippen LogP contribution in [0, 0.1) is 0 Å². The molecule has 0 aliphatic heterocycles. The second-order valence-corrected chi connectivity index (χ2v) is 8.47. The largest absolute Gasteiger partial charge is 0.325 e. The molecule has 3 N–H and O–H groups in total. The zero-order chi connectivity index (χ0) is 17.4. The quantitative estimate of drug-likeness (QED) is 0.902. The first-order chi connectivity index (χ1) is 10.5. The molecular formula is C16H25N5OS. The Hall–Kier alpha value is -1.73. The molecule has 0 bridgehead atoms. The minimum absolute atomic E-state index is 0.0939. The van der Waals surface area contributed by atoms with E-state index in [1.807, 2.05) is 10.7 Å². The Morgan fingerprint density at radius 1 is 1.30 bits per heavy atom. The summed E-state index contributed by atoms with van der Waals surface area (Å²) in [6, 6.07) is 1.93. The van der Waals surface area contributed by atoms with Crippen molar-refractivity contribution >= 4 is 23.1 Å². The lowest BCUT2D eigenvalue weighted by molar-refractivity contribution is 0.102. The number of rotatable bonds is 3. The highest BCUT2D eigenvalue weighted by atomic mass is 32.1. The summed E-state index contributed by atoms with van der Waals surface area (Å²) in [7, 11) is 0. The van der Waals surface area contributed by atoms with Crippen LogP contribution in [0.3, 0.4) is 0 Å². The van der Waals surface area contributed by atoms with Crippen molar-refractivity contribution in [2.75, 3.05) is 5.32 Å². The highest BCUT2D eigenvalue weighted by Crippen LogP contribution is 2.28. The minimum atomic E-state index is -0.244. The van der Waals surface area contributed by atoms with Crippen molar-refractivity contribution in [3.8, 4) is 0 Å². The standard InChI is InChI=1S/C16H25N5OS/c1-15(2,3)11-7-12(21(20-11)16(4,5)6)19-14(22)10-9-23-13(8-17)18-10/h7,9H,8,17H2,1-6H3,(H,19,22). The van der Waals surface area contributed by atoms with Crippen LogP contribution in [-0.2, 0) is 17.5 Å². The summed E-state index contributed by atoms with van der Waals surface area (Å²) in [6.07, 6.45) is 0. The van der Waals surface area contributed by atoms with Crippen LogP contribution in [0.25, 0.3) is 0 Å². The Morgan fingerprint density at radius 2 is 1.96 bits per heavy atom. The number of amides is 1. The normalized spacial score (nSPS) is 12.5. The molecule has 0 aliphatic carbocycles. The molecule has 0 aromatic carbocycles.